The van der Waals surface area contributed by atoms with Crippen LogP contribution in [0.2, 0.25) is 0 Å². The molecule has 3 nitrogen and oxygen atoms in total. The summed E-state index contributed by atoms with van der Waals surface area (Å²) in [4.78, 5) is 17.3. The highest BCUT2D eigenvalue weighted by Gasteiger charge is 2.50. The van der Waals surface area contributed by atoms with Crippen molar-refractivity contribution in [1.82, 2.24) is 5.32 Å². The van der Waals surface area contributed by atoms with Crippen LogP contribution in [-0.4, -0.2) is 11.6 Å². The molecule has 2 unspecified atom stereocenters. The minimum absolute atomic E-state index is 0.0255. The van der Waals surface area contributed by atoms with Crippen LogP contribution in [0.15, 0.2) is 46.2 Å². The van der Waals surface area contributed by atoms with E-state index in [9.17, 15) is 13.6 Å². The predicted octanol–water partition coefficient (Wildman–Crippen LogP) is 5.54. The average molecular weight is 384 g/mol. The average Bonchev–Trinajstić information content (AvgIpc) is 3.36. The third kappa shape index (κ3) is 3.21. The van der Waals surface area contributed by atoms with Crippen LogP contribution in [0.5, 0.6) is 0 Å². The van der Waals surface area contributed by atoms with E-state index in [2.05, 4.69) is 19.2 Å². The third-order valence-corrected chi connectivity index (χ3v) is 6.74. The molecule has 4 rings (SSSR count). The molecule has 1 spiro atoms. The van der Waals surface area contributed by atoms with Gasteiger partial charge >= 0.3 is 0 Å². The number of nitrogens with zero attached hydrogens (tertiary/aromatic N) is 1. The number of carbonyl (C=O) groups is 1. The van der Waals surface area contributed by atoms with Gasteiger partial charge in [-0.05, 0) is 68.1 Å². The molecule has 3 aliphatic rings. The summed E-state index contributed by atoms with van der Waals surface area (Å²) >= 11 is 0. The van der Waals surface area contributed by atoms with Gasteiger partial charge in [-0.1, -0.05) is 25.5 Å². The fraction of sp³-hybridized carbons (Fsp3) is 0.478. The van der Waals surface area contributed by atoms with Gasteiger partial charge in [-0.2, -0.15) is 0 Å². The number of rotatable bonds is 3. The zero-order valence-electron chi connectivity index (χ0n) is 16.6. The summed E-state index contributed by atoms with van der Waals surface area (Å²) in [6.45, 7) is 6.37. The highest BCUT2D eigenvalue weighted by atomic mass is 19.1. The van der Waals surface area contributed by atoms with Crippen LogP contribution < -0.4 is 5.32 Å². The van der Waals surface area contributed by atoms with Crippen LogP contribution in [-0.2, 0) is 0 Å². The van der Waals surface area contributed by atoms with Crippen LogP contribution in [0, 0.1) is 28.9 Å². The number of nitrogens with one attached hydrogen (secondary N) is 1. The van der Waals surface area contributed by atoms with Crippen molar-refractivity contribution in [3.05, 3.63) is 58.4 Å². The number of halogens is 2. The minimum Gasteiger partial charge on any atom is -0.324 e. The molecule has 1 aliphatic heterocycles. The van der Waals surface area contributed by atoms with Crippen molar-refractivity contribution in [2.75, 3.05) is 0 Å². The van der Waals surface area contributed by atoms with Gasteiger partial charge in [0.05, 0.1) is 0 Å². The lowest BCUT2D eigenvalue weighted by molar-refractivity contribution is 0.0951. The Kier molecular flexibility index (Phi) is 4.72. The van der Waals surface area contributed by atoms with Gasteiger partial charge < -0.3 is 5.32 Å². The molecule has 1 N–H and O–H groups in total. The van der Waals surface area contributed by atoms with E-state index in [0.29, 0.717) is 11.1 Å². The first-order chi connectivity index (χ1) is 13.3. The van der Waals surface area contributed by atoms with Crippen molar-refractivity contribution in [2.24, 2.45) is 22.2 Å². The maximum absolute atomic E-state index is 14.0. The molecule has 148 valence electrons. The van der Waals surface area contributed by atoms with Crippen molar-refractivity contribution in [2.45, 2.75) is 52.9 Å². The molecule has 1 aromatic carbocycles. The van der Waals surface area contributed by atoms with E-state index in [0.717, 1.165) is 30.7 Å². The molecule has 5 heteroatoms. The Morgan fingerprint density at radius 2 is 1.86 bits per heavy atom. The Morgan fingerprint density at radius 3 is 2.50 bits per heavy atom. The zero-order valence-corrected chi connectivity index (χ0v) is 16.6. The van der Waals surface area contributed by atoms with Crippen LogP contribution in [0.3, 0.4) is 0 Å². The predicted molar refractivity (Wildman–Crippen MR) is 106 cm³/mol. The number of amides is 1. The molecule has 28 heavy (non-hydrogen) atoms. The second-order valence-corrected chi connectivity index (χ2v) is 8.62. The van der Waals surface area contributed by atoms with E-state index in [1.807, 2.05) is 6.92 Å². The van der Waals surface area contributed by atoms with E-state index in [1.165, 1.54) is 36.5 Å². The minimum atomic E-state index is -0.862. The lowest BCUT2D eigenvalue weighted by Crippen LogP contribution is -2.30. The quantitative estimate of drug-likeness (QED) is 0.730. The number of hydrogen-bond acceptors (Lipinski definition) is 2. The first kappa shape index (κ1) is 19.0. The molecule has 0 saturated heterocycles. The van der Waals surface area contributed by atoms with Crippen molar-refractivity contribution in [1.29, 1.82) is 0 Å². The third-order valence-electron chi connectivity index (χ3n) is 6.74. The van der Waals surface area contributed by atoms with Crippen molar-refractivity contribution in [3.63, 3.8) is 0 Å². The largest absolute Gasteiger partial charge is 0.324 e. The van der Waals surface area contributed by atoms with E-state index >= 15 is 0 Å². The summed E-state index contributed by atoms with van der Waals surface area (Å²) in [7, 11) is 0. The van der Waals surface area contributed by atoms with Gasteiger partial charge in [-0.3, -0.25) is 9.79 Å². The Balaban J connectivity index is 1.63. The molecule has 0 radical (unpaired) electrons. The van der Waals surface area contributed by atoms with Gasteiger partial charge in [0.15, 0.2) is 0 Å². The summed E-state index contributed by atoms with van der Waals surface area (Å²) < 4.78 is 27.9. The maximum atomic E-state index is 14.0. The van der Waals surface area contributed by atoms with E-state index in [4.69, 9.17) is 4.99 Å². The summed E-state index contributed by atoms with van der Waals surface area (Å²) in [5, 5.41) is 2.71. The monoisotopic (exact) mass is 384 g/mol. The molecule has 2 aliphatic carbocycles. The highest BCUT2D eigenvalue weighted by Crippen LogP contribution is 2.61. The molecule has 0 aromatic heterocycles. The first-order valence-electron chi connectivity index (χ1n) is 10.0. The van der Waals surface area contributed by atoms with E-state index < -0.39 is 23.1 Å². The molecule has 0 bridgehead atoms. The first-order valence-corrected chi connectivity index (χ1v) is 10.0. The Hall–Kier alpha value is -2.30. The summed E-state index contributed by atoms with van der Waals surface area (Å²) in [6, 6.07) is 3.43. The Bertz CT molecular complexity index is 904. The number of aliphatic imine (C=N–C) groups is 1. The van der Waals surface area contributed by atoms with Crippen LogP contribution in [0.1, 0.15) is 63.2 Å². The Labute approximate surface area is 164 Å². The topological polar surface area (TPSA) is 41.5 Å². The van der Waals surface area contributed by atoms with Crippen LogP contribution in [0.4, 0.5) is 8.78 Å². The lowest BCUT2D eigenvalue weighted by atomic mass is 9.84. The molecule has 2 atom stereocenters. The van der Waals surface area contributed by atoms with Crippen molar-refractivity contribution < 1.29 is 13.6 Å². The van der Waals surface area contributed by atoms with Gasteiger partial charge in [0.1, 0.15) is 17.2 Å². The van der Waals surface area contributed by atoms with Crippen molar-refractivity contribution in [3.8, 4) is 0 Å². The number of hydrogen-bond donors (Lipinski definition) is 1. The normalized spacial score (nSPS) is 26.0. The molecule has 1 fully saturated rings. The smallest absolute Gasteiger partial charge is 0.261 e. The second kappa shape index (κ2) is 6.94. The SMILES string of the molecule is CC1=C(C2=NC=C(NC(=O)c3c(F)cccc3F)C(C)C(C)C2)C2(CC1)CC2. The fourth-order valence-electron chi connectivity index (χ4n) is 4.66. The summed E-state index contributed by atoms with van der Waals surface area (Å²) in [5.74, 6) is -2.21. The second-order valence-electron chi connectivity index (χ2n) is 8.62. The molecule has 1 heterocycles. The van der Waals surface area contributed by atoms with Crippen LogP contribution >= 0.6 is 0 Å². The van der Waals surface area contributed by atoms with Crippen LogP contribution in [0.25, 0.3) is 0 Å². The van der Waals surface area contributed by atoms with Gasteiger partial charge in [0.25, 0.3) is 5.91 Å². The van der Waals surface area contributed by atoms with Gasteiger partial charge in [0.2, 0.25) is 0 Å². The molecular weight excluding hydrogens is 358 g/mol. The van der Waals surface area contributed by atoms with Gasteiger partial charge in [0, 0.05) is 23.5 Å². The fourth-order valence-corrected chi connectivity index (χ4v) is 4.66. The van der Waals surface area contributed by atoms with E-state index in [1.54, 1.807) is 6.20 Å². The Morgan fingerprint density at radius 1 is 1.18 bits per heavy atom. The van der Waals surface area contributed by atoms with Crippen molar-refractivity contribution >= 4 is 11.6 Å². The zero-order chi connectivity index (χ0) is 20.1. The summed E-state index contributed by atoms with van der Waals surface area (Å²) in [5.41, 5.74) is 4.37. The standard InChI is InChI=1S/C23H26F2N2O/c1-13-7-8-23(9-10-23)21(13)18-11-14(2)15(3)19(12-26-18)27-22(28)20-16(24)5-4-6-17(20)25/h4-6,12,14-15H,7-11H2,1-3H3,(H,27,28). The number of benzene rings is 1. The summed E-state index contributed by atoms with van der Waals surface area (Å²) in [6.07, 6.45) is 7.37. The lowest BCUT2D eigenvalue weighted by Gasteiger charge is -2.23. The molecule has 1 saturated carbocycles. The highest BCUT2D eigenvalue weighted by molar-refractivity contribution is 6.04. The number of carbonyl (C=O) groups excluding carboxylic acids is 1. The molecule has 1 amide bonds. The van der Waals surface area contributed by atoms with Gasteiger partial charge in [-0.15, -0.1) is 0 Å². The maximum Gasteiger partial charge on any atom is 0.261 e. The number of allylic oxidation sites excluding steroid dienone is 3. The molecular formula is C23H26F2N2O. The molecule has 1 aromatic rings. The van der Waals surface area contributed by atoms with E-state index in [-0.39, 0.29) is 11.8 Å². The van der Waals surface area contributed by atoms with Gasteiger partial charge in [-0.25, -0.2) is 8.78 Å².